The van der Waals surface area contributed by atoms with Crippen molar-refractivity contribution in [1.29, 1.82) is 0 Å². The first kappa shape index (κ1) is 18.2. The molecule has 25 heavy (non-hydrogen) atoms. The summed E-state index contributed by atoms with van der Waals surface area (Å²) in [6, 6.07) is 7.73. The molecule has 1 aromatic heterocycles. The molecule has 1 saturated heterocycles. The molecule has 0 saturated carbocycles. The van der Waals surface area contributed by atoms with Gasteiger partial charge in [-0.25, -0.2) is 4.98 Å². The number of nitrogens with zero attached hydrogens (tertiary/aromatic N) is 1. The van der Waals surface area contributed by atoms with Gasteiger partial charge in [-0.3, -0.25) is 0 Å². The molecule has 1 fully saturated rings. The minimum absolute atomic E-state index is 0.377. The highest BCUT2D eigenvalue weighted by molar-refractivity contribution is 7.11. The highest BCUT2D eigenvalue weighted by Gasteiger charge is 2.51. The Morgan fingerprint density at radius 3 is 2.48 bits per heavy atom. The number of aliphatic hydroxyl groups is 1. The molecular weight excluding hydrogens is 333 g/mol. The van der Waals surface area contributed by atoms with Crippen LogP contribution in [0.2, 0.25) is 0 Å². The zero-order chi connectivity index (χ0) is 18.2. The van der Waals surface area contributed by atoms with Crippen LogP contribution in [-0.2, 0) is 9.31 Å². The highest BCUT2D eigenvalue weighted by atomic mass is 32.1. The predicted molar refractivity (Wildman–Crippen MR) is 101 cm³/mol. The fraction of sp³-hybridized carbons (Fsp3) is 0.421. The summed E-state index contributed by atoms with van der Waals surface area (Å²) in [6.45, 7) is 10.1. The Balaban J connectivity index is 1.78. The van der Waals surface area contributed by atoms with E-state index < -0.39 is 13.2 Å². The van der Waals surface area contributed by atoms with E-state index in [1.807, 2.05) is 58.9 Å². The van der Waals surface area contributed by atoms with Gasteiger partial charge in [-0.1, -0.05) is 24.0 Å². The molecule has 0 spiro atoms. The van der Waals surface area contributed by atoms with Gasteiger partial charge in [0.2, 0.25) is 0 Å². The first-order valence-corrected chi connectivity index (χ1v) is 9.07. The average Bonchev–Trinajstić information content (AvgIpc) is 3.06. The van der Waals surface area contributed by atoms with Gasteiger partial charge in [-0.2, -0.15) is 0 Å². The molecule has 0 aliphatic carbocycles. The van der Waals surface area contributed by atoms with Crippen molar-refractivity contribution in [1.82, 2.24) is 4.98 Å². The molecule has 4 nitrogen and oxygen atoms in total. The largest absolute Gasteiger partial charge is 0.494 e. The van der Waals surface area contributed by atoms with Gasteiger partial charge in [0.15, 0.2) is 6.10 Å². The summed E-state index contributed by atoms with van der Waals surface area (Å²) in [6.07, 6.45) is 0.864. The van der Waals surface area contributed by atoms with Crippen LogP contribution < -0.4 is 5.46 Å². The van der Waals surface area contributed by atoms with Crippen LogP contribution in [0.3, 0.4) is 0 Å². The lowest BCUT2D eigenvalue weighted by atomic mass is 9.78. The fourth-order valence-electron chi connectivity index (χ4n) is 2.45. The van der Waals surface area contributed by atoms with Gasteiger partial charge in [-0.05, 0) is 52.2 Å². The quantitative estimate of drug-likeness (QED) is 0.665. The third-order valence-corrected chi connectivity index (χ3v) is 5.60. The van der Waals surface area contributed by atoms with Crippen LogP contribution in [0.25, 0.3) is 0 Å². The summed E-state index contributed by atoms with van der Waals surface area (Å²) >= 11 is 1.45. The monoisotopic (exact) mass is 355 g/mol. The summed E-state index contributed by atoms with van der Waals surface area (Å²) in [5, 5.41) is 10.8. The van der Waals surface area contributed by atoms with E-state index in [1.54, 1.807) is 6.20 Å². The minimum atomic E-state index is -0.876. The first-order valence-electron chi connectivity index (χ1n) is 8.25. The van der Waals surface area contributed by atoms with Crippen LogP contribution >= 0.6 is 11.3 Å². The van der Waals surface area contributed by atoms with Crippen LogP contribution in [-0.4, -0.2) is 28.4 Å². The summed E-state index contributed by atoms with van der Waals surface area (Å²) in [5.41, 5.74) is 0.973. The van der Waals surface area contributed by atoms with E-state index in [2.05, 4.69) is 16.8 Å². The Morgan fingerprint density at radius 2 is 1.88 bits per heavy atom. The Hall–Kier alpha value is -1.65. The van der Waals surface area contributed by atoms with E-state index in [9.17, 15) is 5.11 Å². The zero-order valence-electron chi connectivity index (χ0n) is 15.2. The van der Waals surface area contributed by atoms with Crippen molar-refractivity contribution in [2.75, 3.05) is 0 Å². The second-order valence-electron chi connectivity index (χ2n) is 7.19. The highest BCUT2D eigenvalue weighted by Crippen LogP contribution is 2.36. The van der Waals surface area contributed by atoms with E-state index in [-0.39, 0.29) is 11.2 Å². The molecule has 0 bridgehead atoms. The van der Waals surface area contributed by atoms with E-state index in [0.717, 1.165) is 15.9 Å². The van der Waals surface area contributed by atoms with Gasteiger partial charge in [-0.15, -0.1) is 11.3 Å². The molecule has 2 aromatic rings. The van der Waals surface area contributed by atoms with Crippen molar-refractivity contribution in [3.63, 3.8) is 0 Å². The number of hydrogen-bond donors (Lipinski definition) is 1. The third-order valence-electron chi connectivity index (χ3n) is 4.64. The van der Waals surface area contributed by atoms with Gasteiger partial charge in [0.25, 0.3) is 0 Å². The second-order valence-corrected chi connectivity index (χ2v) is 8.46. The van der Waals surface area contributed by atoms with Crippen LogP contribution in [0.5, 0.6) is 0 Å². The lowest BCUT2D eigenvalue weighted by molar-refractivity contribution is 0.00578. The third kappa shape index (κ3) is 3.80. The minimum Gasteiger partial charge on any atom is -0.399 e. The number of aryl methyl sites for hydroxylation is 1. The predicted octanol–water partition coefficient (Wildman–Crippen LogP) is 2.84. The van der Waals surface area contributed by atoms with Gasteiger partial charge < -0.3 is 14.4 Å². The molecule has 1 aliphatic rings. The number of hydrogen-bond acceptors (Lipinski definition) is 5. The number of aliphatic hydroxyl groups excluding tert-OH is 1. The molecule has 130 valence electrons. The Labute approximate surface area is 153 Å². The zero-order valence-corrected chi connectivity index (χ0v) is 16.0. The number of thiazole rings is 1. The lowest BCUT2D eigenvalue weighted by Crippen LogP contribution is -2.41. The molecule has 1 atom stereocenters. The van der Waals surface area contributed by atoms with Crippen molar-refractivity contribution >= 4 is 23.9 Å². The van der Waals surface area contributed by atoms with E-state index in [4.69, 9.17) is 9.31 Å². The van der Waals surface area contributed by atoms with Gasteiger partial charge in [0.05, 0.1) is 11.2 Å². The fourth-order valence-corrected chi connectivity index (χ4v) is 3.17. The molecule has 0 unspecified atom stereocenters. The summed E-state index contributed by atoms with van der Waals surface area (Å²) in [7, 11) is -0.418. The van der Waals surface area contributed by atoms with Crippen molar-refractivity contribution in [2.24, 2.45) is 0 Å². The van der Waals surface area contributed by atoms with E-state index >= 15 is 0 Å². The Bertz CT molecular complexity index is 818. The van der Waals surface area contributed by atoms with Crippen LogP contribution in [0.4, 0.5) is 0 Å². The van der Waals surface area contributed by atoms with Crippen molar-refractivity contribution in [3.05, 3.63) is 45.9 Å². The van der Waals surface area contributed by atoms with Gasteiger partial charge in [0.1, 0.15) is 5.01 Å². The standard InChI is InChI=1S/C19H22BNO3S/c1-13-12-21-17(25-13)16(22)10-9-14-7-6-8-15(11-14)20-23-18(2,3)19(4,5)24-20/h6-8,11-12,16,22H,1-5H3/t16-/m0/s1. The summed E-state index contributed by atoms with van der Waals surface area (Å²) < 4.78 is 12.1. The molecule has 0 radical (unpaired) electrons. The van der Waals surface area contributed by atoms with Crippen LogP contribution in [0.1, 0.15) is 49.2 Å². The molecule has 2 heterocycles. The van der Waals surface area contributed by atoms with E-state index in [1.165, 1.54) is 11.3 Å². The molecule has 6 heteroatoms. The molecular formula is C19H22BNO3S. The number of rotatable bonds is 2. The SMILES string of the molecule is Cc1cnc([C@@H](O)C#Cc2cccc(B3OC(C)(C)C(C)(C)O3)c2)s1. The van der Waals surface area contributed by atoms with Gasteiger partial charge in [0, 0.05) is 16.6 Å². The Morgan fingerprint density at radius 1 is 1.20 bits per heavy atom. The maximum Gasteiger partial charge on any atom is 0.494 e. The Kier molecular flexibility index (Phi) is 4.78. The van der Waals surface area contributed by atoms with Gasteiger partial charge >= 0.3 is 7.12 Å². The topological polar surface area (TPSA) is 51.6 Å². The van der Waals surface area contributed by atoms with Crippen LogP contribution in [0, 0.1) is 18.8 Å². The molecule has 0 amide bonds. The maximum absolute atomic E-state index is 10.1. The first-order chi connectivity index (χ1) is 11.7. The molecule has 1 N–H and O–H groups in total. The number of aromatic nitrogens is 1. The summed E-state index contributed by atoms with van der Waals surface area (Å²) in [5.74, 6) is 5.86. The molecule has 3 rings (SSSR count). The average molecular weight is 355 g/mol. The second kappa shape index (κ2) is 6.58. The molecule has 1 aliphatic heterocycles. The smallest absolute Gasteiger partial charge is 0.399 e. The lowest BCUT2D eigenvalue weighted by Gasteiger charge is -2.32. The van der Waals surface area contributed by atoms with Crippen molar-refractivity contribution < 1.29 is 14.4 Å². The normalized spacial score (nSPS) is 19.4. The van der Waals surface area contributed by atoms with Crippen molar-refractivity contribution in [3.8, 4) is 11.8 Å². The maximum atomic E-state index is 10.1. The van der Waals surface area contributed by atoms with Crippen LogP contribution in [0.15, 0.2) is 30.5 Å². The van der Waals surface area contributed by atoms with Crippen molar-refractivity contribution in [2.45, 2.75) is 51.9 Å². The summed E-state index contributed by atoms with van der Waals surface area (Å²) in [4.78, 5) is 5.22. The van der Waals surface area contributed by atoms with E-state index in [0.29, 0.717) is 5.01 Å². The number of benzene rings is 1. The molecule has 1 aromatic carbocycles.